The molecule has 0 aromatic heterocycles. The van der Waals surface area contributed by atoms with E-state index in [4.69, 9.17) is 0 Å². The van der Waals surface area contributed by atoms with Crippen molar-refractivity contribution in [3.05, 3.63) is 30.3 Å². The van der Waals surface area contributed by atoms with E-state index in [1.165, 1.54) is 37.0 Å². The highest BCUT2D eigenvalue weighted by Crippen LogP contribution is 2.19. The number of carbonyl (C=O) groups is 1. The predicted octanol–water partition coefficient (Wildman–Crippen LogP) is 4.35. The van der Waals surface area contributed by atoms with E-state index in [0.29, 0.717) is 12.3 Å². The second kappa shape index (κ2) is 9.06. The molecule has 0 saturated carbocycles. The van der Waals surface area contributed by atoms with Gasteiger partial charge in [-0.25, -0.2) is 0 Å². The summed E-state index contributed by atoms with van der Waals surface area (Å²) < 4.78 is 0. The fourth-order valence-corrected chi connectivity index (χ4v) is 3.46. The Morgan fingerprint density at radius 3 is 2.35 bits per heavy atom. The van der Waals surface area contributed by atoms with Crippen LogP contribution >= 0.6 is 11.8 Å². The van der Waals surface area contributed by atoms with Gasteiger partial charge in [-0.2, -0.15) is 0 Å². The van der Waals surface area contributed by atoms with Crippen molar-refractivity contribution in [2.24, 2.45) is 0 Å². The fourth-order valence-electron chi connectivity index (χ4n) is 2.59. The van der Waals surface area contributed by atoms with Crippen LogP contribution in [0.4, 0.5) is 0 Å². The van der Waals surface area contributed by atoms with E-state index in [2.05, 4.69) is 29.2 Å². The molecule has 1 heterocycles. The molecule has 1 aliphatic heterocycles. The summed E-state index contributed by atoms with van der Waals surface area (Å²) in [5.41, 5.74) is 0. The van der Waals surface area contributed by atoms with Gasteiger partial charge in [0.05, 0.1) is 0 Å². The molecule has 110 valence electrons. The van der Waals surface area contributed by atoms with Crippen molar-refractivity contribution >= 4 is 17.7 Å². The van der Waals surface area contributed by atoms with E-state index in [-0.39, 0.29) is 0 Å². The van der Waals surface area contributed by atoms with Crippen LogP contribution < -0.4 is 0 Å². The van der Waals surface area contributed by atoms with Crippen LogP contribution in [0.1, 0.15) is 44.9 Å². The van der Waals surface area contributed by atoms with E-state index >= 15 is 0 Å². The first-order chi connectivity index (χ1) is 9.86. The molecule has 0 aliphatic carbocycles. The molecule has 20 heavy (non-hydrogen) atoms. The molecule has 2 rings (SSSR count). The van der Waals surface area contributed by atoms with E-state index in [1.807, 2.05) is 17.8 Å². The number of rotatable bonds is 5. The summed E-state index contributed by atoms with van der Waals surface area (Å²) in [6.07, 6.45) is 7.97. The standard InChI is InChI=1S/C17H25NOS/c19-17(18-13-7-2-1-3-8-14-18)12-9-15-20-16-10-5-4-6-11-16/h4-6,10-11H,1-3,7-9,12-15H2. The average Bonchev–Trinajstić information content (AvgIpc) is 2.44. The molecule has 0 bridgehead atoms. The molecule has 1 aromatic carbocycles. The minimum absolute atomic E-state index is 0.362. The van der Waals surface area contributed by atoms with Crippen LogP contribution in [-0.4, -0.2) is 29.6 Å². The molecule has 3 heteroatoms. The second-order valence-corrected chi connectivity index (χ2v) is 6.58. The van der Waals surface area contributed by atoms with Crippen molar-refractivity contribution in [3.63, 3.8) is 0 Å². The van der Waals surface area contributed by atoms with Crippen LogP contribution in [0.25, 0.3) is 0 Å². The van der Waals surface area contributed by atoms with Crippen LogP contribution in [0.3, 0.4) is 0 Å². The van der Waals surface area contributed by atoms with Crippen LogP contribution in [0.5, 0.6) is 0 Å². The van der Waals surface area contributed by atoms with Crippen LogP contribution in [0.15, 0.2) is 35.2 Å². The summed E-state index contributed by atoms with van der Waals surface area (Å²) in [6, 6.07) is 10.4. The number of hydrogen-bond donors (Lipinski definition) is 0. The Morgan fingerprint density at radius 2 is 1.65 bits per heavy atom. The number of benzene rings is 1. The smallest absolute Gasteiger partial charge is 0.222 e. The van der Waals surface area contributed by atoms with Gasteiger partial charge in [0.15, 0.2) is 0 Å². The lowest BCUT2D eigenvalue weighted by Gasteiger charge is -2.24. The Kier molecular flexibility index (Phi) is 6.99. The van der Waals surface area contributed by atoms with Gasteiger partial charge in [-0.15, -0.1) is 11.8 Å². The monoisotopic (exact) mass is 291 g/mol. The van der Waals surface area contributed by atoms with Crippen molar-refractivity contribution in [2.45, 2.75) is 49.8 Å². The normalized spacial score (nSPS) is 16.5. The first-order valence-corrected chi connectivity index (χ1v) is 8.80. The third-order valence-electron chi connectivity index (χ3n) is 3.76. The van der Waals surface area contributed by atoms with Gasteiger partial charge in [-0.05, 0) is 37.1 Å². The molecule has 1 saturated heterocycles. The minimum Gasteiger partial charge on any atom is -0.343 e. The van der Waals surface area contributed by atoms with Crippen molar-refractivity contribution in [1.29, 1.82) is 0 Å². The Labute approximate surface area is 126 Å². The molecule has 0 atom stereocenters. The lowest BCUT2D eigenvalue weighted by molar-refractivity contribution is -0.131. The van der Waals surface area contributed by atoms with Crippen LogP contribution in [0, 0.1) is 0 Å². The quantitative estimate of drug-likeness (QED) is 0.594. The van der Waals surface area contributed by atoms with Gasteiger partial charge < -0.3 is 4.90 Å². The molecule has 1 aromatic rings. The summed E-state index contributed by atoms with van der Waals surface area (Å²) in [5.74, 6) is 1.39. The van der Waals surface area contributed by atoms with Gasteiger partial charge in [0.1, 0.15) is 0 Å². The lowest BCUT2D eigenvalue weighted by Crippen LogP contribution is -2.33. The van der Waals surface area contributed by atoms with Crippen LogP contribution in [-0.2, 0) is 4.79 Å². The zero-order valence-electron chi connectivity index (χ0n) is 12.2. The zero-order valence-corrected chi connectivity index (χ0v) is 13.0. The van der Waals surface area contributed by atoms with Crippen molar-refractivity contribution in [2.75, 3.05) is 18.8 Å². The first-order valence-electron chi connectivity index (χ1n) is 7.82. The fraction of sp³-hybridized carbons (Fsp3) is 0.588. The van der Waals surface area contributed by atoms with E-state index in [1.54, 1.807) is 0 Å². The van der Waals surface area contributed by atoms with Crippen molar-refractivity contribution in [3.8, 4) is 0 Å². The van der Waals surface area contributed by atoms with Crippen LogP contribution in [0.2, 0.25) is 0 Å². The average molecular weight is 291 g/mol. The van der Waals surface area contributed by atoms with Gasteiger partial charge in [-0.1, -0.05) is 37.5 Å². The lowest BCUT2D eigenvalue weighted by atomic mass is 10.1. The Hall–Kier alpha value is -0.960. The molecular formula is C17H25NOS. The predicted molar refractivity (Wildman–Crippen MR) is 86.1 cm³/mol. The minimum atomic E-state index is 0.362. The molecular weight excluding hydrogens is 266 g/mol. The maximum absolute atomic E-state index is 12.2. The Bertz CT molecular complexity index is 385. The number of nitrogens with zero attached hydrogens (tertiary/aromatic N) is 1. The topological polar surface area (TPSA) is 20.3 Å². The third kappa shape index (κ3) is 5.58. The highest BCUT2D eigenvalue weighted by Gasteiger charge is 2.13. The van der Waals surface area contributed by atoms with E-state index in [0.717, 1.165) is 25.3 Å². The summed E-state index contributed by atoms with van der Waals surface area (Å²) in [4.78, 5) is 15.6. The van der Waals surface area contributed by atoms with Crippen molar-refractivity contribution in [1.82, 2.24) is 4.90 Å². The molecule has 1 amide bonds. The van der Waals surface area contributed by atoms with E-state index in [9.17, 15) is 4.79 Å². The summed E-state index contributed by atoms with van der Waals surface area (Å²) in [7, 11) is 0. The van der Waals surface area contributed by atoms with Gasteiger partial charge >= 0.3 is 0 Å². The molecule has 0 spiro atoms. The number of thioether (sulfide) groups is 1. The molecule has 0 radical (unpaired) electrons. The Balaban J connectivity index is 1.64. The highest BCUT2D eigenvalue weighted by atomic mass is 32.2. The van der Waals surface area contributed by atoms with Gasteiger partial charge in [0.2, 0.25) is 5.91 Å². The van der Waals surface area contributed by atoms with E-state index < -0.39 is 0 Å². The number of hydrogen-bond acceptors (Lipinski definition) is 2. The third-order valence-corrected chi connectivity index (χ3v) is 4.85. The SMILES string of the molecule is O=C(CCCSc1ccccc1)N1CCCCCCC1. The van der Waals surface area contributed by atoms with Gasteiger partial charge in [-0.3, -0.25) is 4.79 Å². The molecule has 1 aliphatic rings. The maximum atomic E-state index is 12.2. The maximum Gasteiger partial charge on any atom is 0.222 e. The molecule has 1 fully saturated rings. The molecule has 0 N–H and O–H groups in total. The number of likely N-dealkylation sites (tertiary alicyclic amines) is 1. The molecule has 2 nitrogen and oxygen atoms in total. The zero-order chi connectivity index (χ0) is 14.0. The molecule has 0 unspecified atom stereocenters. The highest BCUT2D eigenvalue weighted by molar-refractivity contribution is 7.99. The largest absolute Gasteiger partial charge is 0.343 e. The Morgan fingerprint density at radius 1 is 1.00 bits per heavy atom. The van der Waals surface area contributed by atoms with Crippen molar-refractivity contribution < 1.29 is 4.79 Å². The number of amides is 1. The number of carbonyl (C=O) groups excluding carboxylic acids is 1. The summed E-state index contributed by atoms with van der Waals surface area (Å²) in [6.45, 7) is 1.95. The second-order valence-electron chi connectivity index (χ2n) is 5.41. The van der Waals surface area contributed by atoms with Gasteiger partial charge in [0, 0.05) is 24.4 Å². The summed E-state index contributed by atoms with van der Waals surface area (Å²) in [5, 5.41) is 0. The van der Waals surface area contributed by atoms with Gasteiger partial charge in [0.25, 0.3) is 0 Å². The summed E-state index contributed by atoms with van der Waals surface area (Å²) >= 11 is 1.85. The first kappa shape index (κ1) is 15.4.